The number of anilines is 3. The van der Waals surface area contributed by atoms with Gasteiger partial charge in [-0.2, -0.15) is 0 Å². The maximum Gasteiger partial charge on any atom is 0.145 e. The summed E-state index contributed by atoms with van der Waals surface area (Å²) < 4.78 is 2.33. The summed E-state index contributed by atoms with van der Waals surface area (Å²) in [5.41, 5.74) is 12.2. The predicted octanol–water partition coefficient (Wildman–Crippen LogP) is 13.8. The molecule has 3 nitrogen and oxygen atoms in total. The van der Waals surface area contributed by atoms with Crippen LogP contribution in [-0.2, 0) is 0 Å². The summed E-state index contributed by atoms with van der Waals surface area (Å²) in [6, 6.07) is 75.6. The van der Waals surface area contributed by atoms with Crippen LogP contribution < -0.4 is 4.90 Å². The lowest BCUT2D eigenvalue weighted by atomic mass is 9.98. The van der Waals surface area contributed by atoms with Crippen LogP contribution in [0.15, 0.2) is 212 Å². The standard InChI is InChI=1S/C51H35N3/c1-5-15-36(16-6-1)38-25-29-42(30-26-38)53(43-31-27-39(28-32-43)37-17-7-2-8-18-37)44-33-34-46-45-23-13-14-24-47(45)50-49(48(46)35-44)52-51(40-19-9-3-10-20-40)54(50)41-21-11-4-12-22-41/h1-35H. The monoisotopic (exact) mass is 689 g/mol. The Morgan fingerprint density at radius 3 is 1.31 bits per heavy atom. The average molecular weight is 690 g/mol. The van der Waals surface area contributed by atoms with E-state index >= 15 is 0 Å². The topological polar surface area (TPSA) is 21.1 Å². The lowest BCUT2D eigenvalue weighted by molar-refractivity contribution is 1.11. The third-order valence-electron chi connectivity index (χ3n) is 10.4. The van der Waals surface area contributed by atoms with E-state index in [0.29, 0.717) is 0 Å². The first-order valence-corrected chi connectivity index (χ1v) is 18.4. The summed E-state index contributed by atoms with van der Waals surface area (Å²) in [6.07, 6.45) is 0. The van der Waals surface area contributed by atoms with E-state index in [2.05, 4.69) is 222 Å². The van der Waals surface area contributed by atoms with E-state index in [9.17, 15) is 0 Å². The van der Waals surface area contributed by atoms with Crippen molar-refractivity contribution in [3.8, 4) is 39.3 Å². The maximum atomic E-state index is 5.52. The summed E-state index contributed by atoms with van der Waals surface area (Å²) >= 11 is 0. The van der Waals surface area contributed by atoms with Crippen LogP contribution in [0.5, 0.6) is 0 Å². The van der Waals surface area contributed by atoms with Gasteiger partial charge in [0.15, 0.2) is 0 Å². The van der Waals surface area contributed by atoms with Crippen molar-refractivity contribution in [1.29, 1.82) is 0 Å². The molecule has 0 aliphatic rings. The molecule has 0 saturated carbocycles. The number of aromatic nitrogens is 2. The van der Waals surface area contributed by atoms with Gasteiger partial charge in [0.2, 0.25) is 0 Å². The van der Waals surface area contributed by atoms with Crippen molar-refractivity contribution in [2.45, 2.75) is 0 Å². The molecule has 0 atom stereocenters. The molecule has 0 radical (unpaired) electrons. The molecule has 0 fully saturated rings. The van der Waals surface area contributed by atoms with Crippen molar-refractivity contribution >= 4 is 49.6 Å². The number of fused-ring (bicyclic) bond motifs is 6. The first-order chi connectivity index (χ1) is 26.8. The number of hydrogen-bond acceptors (Lipinski definition) is 2. The van der Waals surface area contributed by atoms with Gasteiger partial charge in [-0.1, -0.05) is 164 Å². The number of rotatable bonds is 7. The van der Waals surface area contributed by atoms with Crippen LogP contribution in [0.4, 0.5) is 17.1 Å². The molecule has 0 bridgehead atoms. The predicted molar refractivity (Wildman–Crippen MR) is 227 cm³/mol. The minimum atomic E-state index is 0.921. The lowest BCUT2D eigenvalue weighted by Crippen LogP contribution is -2.10. The fourth-order valence-corrected chi connectivity index (χ4v) is 7.81. The van der Waals surface area contributed by atoms with Crippen LogP contribution in [0.3, 0.4) is 0 Å². The largest absolute Gasteiger partial charge is 0.310 e. The third-order valence-corrected chi connectivity index (χ3v) is 10.4. The van der Waals surface area contributed by atoms with Crippen molar-refractivity contribution in [1.82, 2.24) is 9.55 Å². The number of para-hydroxylation sites is 1. The normalized spacial score (nSPS) is 11.3. The molecule has 10 aromatic rings. The Hall–Kier alpha value is -7.23. The van der Waals surface area contributed by atoms with Crippen molar-refractivity contribution in [3.63, 3.8) is 0 Å². The van der Waals surface area contributed by atoms with E-state index in [-0.39, 0.29) is 0 Å². The van der Waals surface area contributed by atoms with Gasteiger partial charge in [0.1, 0.15) is 5.82 Å². The molecular weight excluding hydrogens is 655 g/mol. The SMILES string of the molecule is c1ccc(-c2ccc(N(c3ccc(-c4ccccc4)cc3)c3ccc4c5ccccc5c5c(nc(-c6ccccc6)n5-c5ccccc5)c4c3)cc2)cc1. The Labute approximate surface area is 314 Å². The Morgan fingerprint density at radius 2 is 0.759 bits per heavy atom. The second kappa shape index (κ2) is 13.4. The summed E-state index contributed by atoms with van der Waals surface area (Å²) in [5.74, 6) is 0.921. The van der Waals surface area contributed by atoms with Crippen molar-refractivity contribution in [3.05, 3.63) is 212 Å². The van der Waals surface area contributed by atoms with Gasteiger partial charge in [-0.05, 0) is 81.6 Å². The van der Waals surface area contributed by atoms with E-state index in [0.717, 1.165) is 50.6 Å². The van der Waals surface area contributed by atoms with Gasteiger partial charge >= 0.3 is 0 Å². The second-order valence-electron chi connectivity index (χ2n) is 13.6. The highest BCUT2D eigenvalue weighted by atomic mass is 15.1. The van der Waals surface area contributed by atoms with Gasteiger partial charge in [0.25, 0.3) is 0 Å². The highest BCUT2D eigenvalue weighted by Gasteiger charge is 2.22. The number of benzene rings is 9. The summed E-state index contributed by atoms with van der Waals surface area (Å²) in [6.45, 7) is 0. The van der Waals surface area contributed by atoms with Gasteiger partial charge in [-0.25, -0.2) is 4.98 Å². The molecule has 0 N–H and O–H groups in total. The fourth-order valence-electron chi connectivity index (χ4n) is 7.81. The van der Waals surface area contributed by atoms with E-state index in [1.807, 2.05) is 0 Å². The molecule has 54 heavy (non-hydrogen) atoms. The molecule has 1 heterocycles. The smallest absolute Gasteiger partial charge is 0.145 e. The third kappa shape index (κ3) is 5.51. The first kappa shape index (κ1) is 31.5. The summed E-state index contributed by atoms with van der Waals surface area (Å²) in [5, 5.41) is 4.67. The molecule has 9 aromatic carbocycles. The van der Waals surface area contributed by atoms with Gasteiger partial charge in [-0.15, -0.1) is 0 Å². The Kier molecular flexibility index (Phi) is 7.81. The van der Waals surface area contributed by atoms with Gasteiger partial charge < -0.3 is 4.90 Å². The van der Waals surface area contributed by atoms with E-state index in [4.69, 9.17) is 4.98 Å². The fraction of sp³-hybridized carbons (Fsp3) is 0. The molecule has 3 heteroatoms. The van der Waals surface area contributed by atoms with Crippen LogP contribution in [0.2, 0.25) is 0 Å². The van der Waals surface area contributed by atoms with Crippen molar-refractivity contribution < 1.29 is 0 Å². The van der Waals surface area contributed by atoms with Crippen LogP contribution in [0, 0.1) is 0 Å². The van der Waals surface area contributed by atoms with E-state index < -0.39 is 0 Å². The zero-order chi connectivity index (χ0) is 35.8. The second-order valence-corrected chi connectivity index (χ2v) is 13.6. The van der Waals surface area contributed by atoms with Crippen LogP contribution in [-0.4, -0.2) is 9.55 Å². The molecule has 0 spiro atoms. The molecule has 10 rings (SSSR count). The molecule has 254 valence electrons. The zero-order valence-corrected chi connectivity index (χ0v) is 29.5. The summed E-state index contributed by atoms with van der Waals surface area (Å²) in [4.78, 5) is 7.88. The quantitative estimate of drug-likeness (QED) is 0.155. The van der Waals surface area contributed by atoms with Crippen molar-refractivity contribution in [2.75, 3.05) is 4.90 Å². The molecule has 0 aliphatic carbocycles. The molecule has 0 saturated heterocycles. The van der Waals surface area contributed by atoms with Gasteiger partial charge in [0, 0.05) is 39.1 Å². The highest BCUT2D eigenvalue weighted by Crippen LogP contribution is 2.43. The van der Waals surface area contributed by atoms with Crippen LogP contribution in [0.1, 0.15) is 0 Å². The number of imidazole rings is 1. The van der Waals surface area contributed by atoms with E-state index in [1.54, 1.807) is 0 Å². The molecule has 0 aliphatic heterocycles. The van der Waals surface area contributed by atoms with Crippen LogP contribution in [0.25, 0.3) is 71.9 Å². The van der Waals surface area contributed by atoms with Crippen LogP contribution >= 0.6 is 0 Å². The Balaban J connectivity index is 1.22. The molecule has 1 aromatic heterocycles. The maximum absolute atomic E-state index is 5.52. The minimum Gasteiger partial charge on any atom is -0.310 e. The lowest BCUT2D eigenvalue weighted by Gasteiger charge is -2.26. The Morgan fingerprint density at radius 1 is 0.333 bits per heavy atom. The number of nitrogens with zero attached hydrogens (tertiary/aromatic N) is 3. The number of hydrogen-bond donors (Lipinski definition) is 0. The molecular formula is C51H35N3. The minimum absolute atomic E-state index is 0.921. The molecule has 0 amide bonds. The van der Waals surface area contributed by atoms with Gasteiger partial charge in [-0.3, -0.25) is 4.57 Å². The Bertz CT molecular complexity index is 2800. The average Bonchev–Trinajstić information content (AvgIpc) is 3.67. The summed E-state index contributed by atoms with van der Waals surface area (Å²) in [7, 11) is 0. The zero-order valence-electron chi connectivity index (χ0n) is 29.5. The molecule has 0 unspecified atom stereocenters. The highest BCUT2D eigenvalue weighted by molar-refractivity contribution is 6.24. The van der Waals surface area contributed by atoms with E-state index in [1.165, 1.54) is 38.4 Å². The van der Waals surface area contributed by atoms with Crippen molar-refractivity contribution in [2.24, 2.45) is 0 Å². The van der Waals surface area contributed by atoms with Gasteiger partial charge in [0.05, 0.1) is 11.0 Å². The first-order valence-electron chi connectivity index (χ1n) is 18.4.